The normalized spacial score (nSPS) is 15.9. The number of fused-ring (bicyclic) bond motifs is 1. The van der Waals surface area contributed by atoms with Crippen molar-refractivity contribution in [2.45, 2.75) is 6.92 Å². The summed E-state index contributed by atoms with van der Waals surface area (Å²) >= 11 is 0. The van der Waals surface area contributed by atoms with E-state index in [4.69, 9.17) is 4.84 Å². The average molecular weight is 627 g/mol. The summed E-state index contributed by atoms with van der Waals surface area (Å²) in [7, 11) is 3.22. The number of amides is 3. The fourth-order valence-corrected chi connectivity index (χ4v) is 5.53. The number of carboxylic acid groups (broad SMARTS) is 1. The largest absolute Gasteiger partial charge is 0.478 e. The molecule has 3 aromatic carbocycles. The second-order valence-corrected chi connectivity index (χ2v) is 11.2. The highest BCUT2D eigenvalue weighted by Gasteiger charge is 2.30. The number of hydrogen-bond donors (Lipinski definition) is 4. The van der Waals surface area contributed by atoms with Gasteiger partial charge in [-0.25, -0.2) is 9.86 Å². The van der Waals surface area contributed by atoms with Gasteiger partial charge in [-0.15, -0.1) is 0 Å². The highest BCUT2D eigenvalue weighted by atomic mass is 16.7. The standard InChI is InChI=1S/C34H38N6O6/c1-22-19-27-28(20-26(22)34(44)45)37-32(42)30(27)31(23-7-5-4-6-8-23)36-25-11-9-24(10-12-25)33(43)38(3)46-18-17-39-13-15-40(16-14-39)21-29(41)35-2/h4-12,19-20,36H,13-18,21H2,1-3H3,(H,35,41)(H,37,42)(H,44,45)/b31-30+. The Morgan fingerprint density at radius 2 is 1.63 bits per heavy atom. The molecular weight excluding hydrogens is 588 g/mol. The van der Waals surface area contributed by atoms with E-state index < -0.39 is 5.97 Å². The molecule has 2 heterocycles. The summed E-state index contributed by atoms with van der Waals surface area (Å²) in [6, 6.07) is 19.5. The van der Waals surface area contributed by atoms with Gasteiger partial charge in [-0.05, 0) is 54.4 Å². The second-order valence-electron chi connectivity index (χ2n) is 11.2. The van der Waals surface area contributed by atoms with Crippen LogP contribution in [0.4, 0.5) is 11.4 Å². The Kier molecular flexibility index (Phi) is 10.1. The van der Waals surface area contributed by atoms with Crippen molar-refractivity contribution in [2.75, 3.05) is 70.6 Å². The van der Waals surface area contributed by atoms with Gasteiger partial charge < -0.3 is 21.1 Å². The smallest absolute Gasteiger partial charge is 0.336 e. The molecule has 1 saturated heterocycles. The summed E-state index contributed by atoms with van der Waals surface area (Å²) in [6.07, 6.45) is 0. The molecule has 2 aliphatic rings. The van der Waals surface area contributed by atoms with Crippen LogP contribution in [-0.4, -0.2) is 104 Å². The number of nitrogens with zero attached hydrogens (tertiary/aromatic N) is 3. The predicted octanol–water partition coefficient (Wildman–Crippen LogP) is 2.99. The molecule has 2 aliphatic heterocycles. The molecule has 0 aliphatic carbocycles. The van der Waals surface area contributed by atoms with Crippen molar-refractivity contribution in [3.63, 3.8) is 0 Å². The number of hydrogen-bond acceptors (Lipinski definition) is 8. The molecule has 0 unspecified atom stereocenters. The molecule has 240 valence electrons. The number of benzene rings is 3. The maximum absolute atomic E-state index is 13.3. The lowest BCUT2D eigenvalue weighted by atomic mass is 9.96. The number of piperazine rings is 1. The maximum atomic E-state index is 13.3. The van der Waals surface area contributed by atoms with Crippen LogP contribution < -0.4 is 16.0 Å². The van der Waals surface area contributed by atoms with Gasteiger partial charge in [-0.3, -0.25) is 29.0 Å². The number of rotatable bonds is 11. The summed E-state index contributed by atoms with van der Waals surface area (Å²) in [6.45, 7) is 6.36. The Morgan fingerprint density at radius 1 is 0.957 bits per heavy atom. The van der Waals surface area contributed by atoms with E-state index in [1.807, 2.05) is 30.3 Å². The first-order valence-corrected chi connectivity index (χ1v) is 15.1. The third-order valence-corrected chi connectivity index (χ3v) is 8.14. The van der Waals surface area contributed by atoms with Crippen molar-refractivity contribution < 1.29 is 29.1 Å². The van der Waals surface area contributed by atoms with Crippen LogP contribution in [0.5, 0.6) is 0 Å². The fourth-order valence-electron chi connectivity index (χ4n) is 5.53. The summed E-state index contributed by atoms with van der Waals surface area (Å²) in [4.78, 5) is 59.7. The number of anilines is 2. The number of aryl methyl sites for hydroxylation is 1. The highest BCUT2D eigenvalue weighted by molar-refractivity contribution is 6.37. The van der Waals surface area contributed by atoms with E-state index in [0.29, 0.717) is 59.0 Å². The van der Waals surface area contributed by atoms with E-state index in [-0.39, 0.29) is 23.3 Å². The van der Waals surface area contributed by atoms with Gasteiger partial charge in [0, 0.05) is 63.6 Å². The zero-order chi connectivity index (χ0) is 32.8. The van der Waals surface area contributed by atoms with Crippen molar-refractivity contribution in [3.05, 3.63) is 94.5 Å². The van der Waals surface area contributed by atoms with Crippen molar-refractivity contribution in [3.8, 4) is 0 Å². The average Bonchev–Trinajstić information content (AvgIpc) is 3.38. The Bertz CT molecular complexity index is 1650. The maximum Gasteiger partial charge on any atom is 0.336 e. The van der Waals surface area contributed by atoms with E-state index in [9.17, 15) is 24.3 Å². The Morgan fingerprint density at radius 3 is 2.28 bits per heavy atom. The summed E-state index contributed by atoms with van der Waals surface area (Å²) in [5.41, 5.74) is 4.51. The number of nitrogens with one attached hydrogen (secondary N) is 3. The quantitative estimate of drug-likeness (QED) is 0.187. The lowest BCUT2D eigenvalue weighted by molar-refractivity contribution is -0.122. The molecule has 0 aromatic heterocycles. The van der Waals surface area contributed by atoms with Gasteiger partial charge >= 0.3 is 5.97 Å². The molecule has 0 bridgehead atoms. The molecule has 12 heteroatoms. The minimum atomic E-state index is -1.06. The molecule has 1 fully saturated rings. The van der Waals surface area contributed by atoms with Crippen LogP contribution in [0.1, 0.15) is 37.4 Å². The third-order valence-electron chi connectivity index (χ3n) is 8.14. The molecule has 0 saturated carbocycles. The lowest BCUT2D eigenvalue weighted by Crippen LogP contribution is -2.50. The predicted molar refractivity (Wildman–Crippen MR) is 175 cm³/mol. The van der Waals surface area contributed by atoms with Crippen LogP contribution in [0.25, 0.3) is 11.3 Å². The van der Waals surface area contributed by atoms with Crippen molar-refractivity contribution in [2.24, 2.45) is 0 Å². The molecule has 46 heavy (non-hydrogen) atoms. The van der Waals surface area contributed by atoms with E-state index in [0.717, 1.165) is 31.7 Å². The summed E-state index contributed by atoms with van der Waals surface area (Å²) in [5.74, 6) is -1.70. The van der Waals surface area contributed by atoms with E-state index >= 15 is 0 Å². The van der Waals surface area contributed by atoms with Gasteiger partial charge in [0.15, 0.2) is 0 Å². The van der Waals surface area contributed by atoms with Gasteiger partial charge in [0.1, 0.15) is 0 Å². The SMILES string of the molecule is CNC(=O)CN1CCN(CCON(C)C(=O)c2ccc(N/C(=C3/C(=O)Nc4cc(C(=O)O)c(C)cc43)c3ccccc3)cc2)CC1. The van der Waals surface area contributed by atoms with Crippen LogP contribution in [-0.2, 0) is 14.4 Å². The topological polar surface area (TPSA) is 144 Å². The third kappa shape index (κ3) is 7.42. The monoisotopic (exact) mass is 626 g/mol. The number of carbonyl (C=O) groups is 4. The molecule has 0 radical (unpaired) electrons. The van der Waals surface area contributed by atoms with Crippen LogP contribution in [0.15, 0.2) is 66.7 Å². The number of aromatic carboxylic acids is 1. The molecule has 3 amide bonds. The molecular formula is C34H38N6O6. The van der Waals surface area contributed by atoms with Gasteiger partial charge in [-0.1, -0.05) is 30.3 Å². The van der Waals surface area contributed by atoms with Crippen LogP contribution in [0.2, 0.25) is 0 Å². The Hall–Kier alpha value is -5.04. The van der Waals surface area contributed by atoms with E-state index in [2.05, 4.69) is 25.8 Å². The highest BCUT2D eigenvalue weighted by Crippen LogP contribution is 2.39. The minimum absolute atomic E-state index is 0.00840. The van der Waals surface area contributed by atoms with Crippen molar-refractivity contribution in [1.82, 2.24) is 20.2 Å². The number of likely N-dealkylation sites (N-methyl/N-ethyl adjacent to an activating group) is 1. The molecule has 5 rings (SSSR count). The van der Waals surface area contributed by atoms with E-state index in [1.54, 1.807) is 51.4 Å². The van der Waals surface area contributed by atoms with Gasteiger partial charge in [-0.2, -0.15) is 0 Å². The van der Waals surface area contributed by atoms with Crippen LogP contribution >= 0.6 is 0 Å². The summed E-state index contributed by atoms with van der Waals surface area (Å²) < 4.78 is 0. The molecule has 4 N–H and O–H groups in total. The van der Waals surface area contributed by atoms with Gasteiger partial charge in [0.2, 0.25) is 5.91 Å². The van der Waals surface area contributed by atoms with Crippen molar-refractivity contribution in [1.29, 1.82) is 0 Å². The molecule has 0 atom stereocenters. The first-order chi connectivity index (χ1) is 22.1. The molecule has 0 spiro atoms. The second kappa shape index (κ2) is 14.4. The van der Waals surface area contributed by atoms with Crippen LogP contribution in [0, 0.1) is 6.92 Å². The fraction of sp³-hybridized carbons (Fsp3) is 0.294. The van der Waals surface area contributed by atoms with Gasteiger partial charge in [0.25, 0.3) is 11.8 Å². The van der Waals surface area contributed by atoms with Gasteiger partial charge in [0.05, 0.1) is 35.7 Å². The molecule has 3 aromatic rings. The first-order valence-electron chi connectivity index (χ1n) is 15.1. The zero-order valence-electron chi connectivity index (χ0n) is 26.1. The lowest BCUT2D eigenvalue weighted by Gasteiger charge is -2.34. The number of carboxylic acids is 1. The Balaban J connectivity index is 1.25. The minimum Gasteiger partial charge on any atom is -0.478 e. The van der Waals surface area contributed by atoms with Crippen LogP contribution in [0.3, 0.4) is 0 Å². The molecule has 12 nitrogen and oxygen atoms in total. The Labute approximate surface area is 267 Å². The van der Waals surface area contributed by atoms with E-state index in [1.165, 1.54) is 11.1 Å². The van der Waals surface area contributed by atoms with Crippen molar-refractivity contribution >= 4 is 46.3 Å². The first kappa shape index (κ1) is 32.4. The number of hydroxylamine groups is 2. The number of carbonyl (C=O) groups excluding carboxylic acids is 3. The zero-order valence-corrected chi connectivity index (χ0v) is 26.1. The summed E-state index contributed by atoms with van der Waals surface area (Å²) in [5, 5.41) is 19.6.